The van der Waals surface area contributed by atoms with Crippen LogP contribution in [-0.4, -0.2) is 65.5 Å². The van der Waals surface area contributed by atoms with Gasteiger partial charge in [0.1, 0.15) is 0 Å². The monoisotopic (exact) mass is 285 g/mol. The van der Waals surface area contributed by atoms with E-state index in [1.165, 1.54) is 25.8 Å². The van der Waals surface area contributed by atoms with Crippen molar-refractivity contribution >= 4 is 17.7 Å². The molecule has 2 aliphatic heterocycles. The van der Waals surface area contributed by atoms with Gasteiger partial charge in [-0.3, -0.25) is 9.69 Å². The second-order valence-electron chi connectivity index (χ2n) is 5.87. The molecule has 2 fully saturated rings. The summed E-state index contributed by atoms with van der Waals surface area (Å²) in [5.74, 6) is 1.12. The SMILES string of the molecule is CSCC[C@@H](N)C(=O)N1CC2CCCCN2CC1C. The molecule has 0 radical (unpaired) electrons. The number of carbonyl (C=O) groups excluding carboxylic acids is 1. The zero-order chi connectivity index (χ0) is 13.8. The summed E-state index contributed by atoms with van der Waals surface area (Å²) in [7, 11) is 0. The molecule has 2 heterocycles. The molecule has 0 aromatic heterocycles. The van der Waals surface area contributed by atoms with Crippen molar-refractivity contribution in [3.63, 3.8) is 0 Å². The molecule has 3 atom stereocenters. The highest BCUT2D eigenvalue weighted by molar-refractivity contribution is 7.98. The average molecular weight is 285 g/mol. The normalized spacial score (nSPS) is 29.9. The predicted molar refractivity (Wildman–Crippen MR) is 81.4 cm³/mol. The summed E-state index contributed by atoms with van der Waals surface area (Å²) in [6.45, 7) is 5.26. The molecule has 1 amide bonds. The van der Waals surface area contributed by atoms with E-state index in [9.17, 15) is 4.79 Å². The van der Waals surface area contributed by atoms with Gasteiger partial charge in [-0.1, -0.05) is 6.42 Å². The van der Waals surface area contributed by atoms with E-state index in [2.05, 4.69) is 18.1 Å². The number of thioether (sulfide) groups is 1. The third-order valence-electron chi connectivity index (χ3n) is 4.42. The highest BCUT2D eigenvalue weighted by atomic mass is 32.2. The Morgan fingerprint density at radius 2 is 2.21 bits per heavy atom. The van der Waals surface area contributed by atoms with Crippen molar-refractivity contribution in [2.45, 2.75) is 50.7 Å². The number of hydrogen-bond donors (Lipinski definition) is 1. The van der Waals surface area contributed by atoms with Crippen LogP contribution in [0.4, 0.5) is 0 Å². The summed E-state index contributed by atoms with van der Waals surface area (Å²) in [5, 5.41) is 0. The van der Waals surface area contributed by atoms with E-state index in [-0.39, 0.29) is 11.9 Å². The number of nitrogens with two attached hydrogens (primary N) is 1. The number of carbonyl (C=O) groups is 1. The van der Waals surface area contributed by atoms with E-state index in [1.807, 2.05) is 4.90 Å². The van der Waals surface area contributed by atoms with Crippen molar-refractivity contribution in [3.05, 3.63) is 0 Å². The standard InChI is InChI=1S/C14H27N3OS/c1-11-9-16-7-4-3-5-12(16)10-17(11)14(18)13(15)6-8-19-2/h11-13H,3-10,15H2,1-2H3/t11?,12?,13-/m1/s1. The zero-order valence-corrected chi connectivity index (χ0v) is 13.0. The van der Waals surface area contributed by atoms with Crippen LogP contribution in [0.3, 0.4) is 0 Å². The zero-order valence-electron chi connectivity index (χ0n) is 12.2. The number of amides is 1. The fourth-order valence-corrected chi connectivity index (χ4v) is 3.73. The van der Waals surface area contributed by atoms with Crippen molar-refractivity contribution in [3.8, 4) is 0 Å². The second-order valence-corrected chi connectivity index (χ2v) is 6.86. The number of piperidine rings is 1. The first-order chi connectivity index (χ1) is 9.13. The number of nitrogens with zero attached hydrogens (tertiary/aromatic N) is 2. The number of rotatable bonds is 4. The molecule has 2 unspecified atom stereocenters. The molecule has 0 spiro atoms. The fourth-order valence-electron chi connectivity index (χ4n) is 3.24. The first-order valence-corrected chi connectivity index (χ1v) is 8.82. The van der Waals surface area contributed by atoms with E-state index in [4.69, 9.17) is 5.73 Å². The molecule has 0 bridgehead atoms. The van der Waals surface area contributed by atoms with Gasteiger partial charge in [-0.2, -0.15) is 11.8 Å². The molecule has 4 nitrogen and oxygen atoms in total. The van der Waals surface area contributed by atoms with Crippen LogP contribution in [0.15, 0.2) is 0 Å². The van der Waals surface area contributed by atoms with Crippen LogP contribution in [0.1, 0.15) is 32.6 Å². The van der Waals surface area contributed by atoms with Crippen molar-refractivity contribution in [2.24, 2.45) is 5.73 Å². The van der Waals surface area contributed by atoms with Gasteiger partial charge in [0.15, 0.2) is 0 Å². The maximum Gasteiger partial charge on any atom is 0.239 e. The van der Waals surface area contributed by atoms with Gasteiger partial charge >= 0.3 is 0 Å². The largest absolute Gasteiger partial charge is 0.336 e. The minimum atomic E-state index is -0.315. The molecule has 110 valence electrons. The number of hydrogen-bond acceptors (Lipinski definition) is 4. The summed E-state index contributed by atoms with van der Waals surface area (Å²) in [5.41, 5.74) is 6.05. The molecule has 2 rings (SSSR count). The molecule has 2 N–H and O–H groups in total. The Hall–Kier alpha value is -0.260. The summed E-state index contributed by atoms with van der Waals surface area (Å²) in [6, 6.07) is 0.564. The van der Waals surface area contributed by atoms with Crippen LogP contribution < -0.4 is 5.73 Å². The Morgan fingerprint density at radius 1 is 1.42 bits per heavy atom. The number of fused-ring (bicyclic) bond motifs is 1. The number of piperazine rings is 1. The summed E-state index contributed by atoms with van der Waals surface area (Å²) >= 11 is 1.75. The van der Waals surface area contributed by atoms with Crippen molar-refractivity contribution < 1.29 is 4.79 Å². The lowest BCUT2D eigenvalue weighted by atomic mass is 9.96. The lowest BCUT2D eigenvalue weighted by molar-refractivity contribution is -0.139. The minimum Gasteiger partial charge on any atom is -0.336 e. The quantitative estimate of drug-likeness (QED) is 0.842. The Labute approximate surface area is 121 Å². The Kier molecular flexibility index (Phi) is 5.54. The van der Waals surface area contributed by atoms with Gasteiger partial charge in [0.05, 0.1) is 6.04 Å². The van der Waals surface area contributed by atoms with Crippen molar-refractivity contribution in [2.75, 3.05) is 31.6 Å². The maximum atomic E-state index is 12.5. The van der Waals surface area contributed by atoms with Crippen LogP contribution >= 0.6 is 11.8 Å². The van der Waals surface area contributed by atoms with Gasteiger partial charge in [-0.25, -0.2) is 0 Å². The van der Waals surface area contributed by atoms with Crippen LogP contribution in [0, 0.1) is 0 Å². The van der Waals surface area contributed by atoms with Gasteiger partial charge in [-0.05, 0) is 44.7 Å². The Morgan fingerprint density at radius 3 is 2.95 bits per heavy atom. The molecule has 2 saturated heterocycles. The first kappa shape index (κ1) is 15.1. The van der Waals surface area contributed by atoms with Gasteiger partial charge < -0.3 is 10.6 Å². The maximum absolute atomic E-state index is 12.5. The first-order valence-electron chi connectivity index (χ1n) is 7.42. The van der Waals surface area contributed by atoms with Crippen LogP contribution in [-0.2, 0) is 4.79 Å². The molecule has 0 saturated carbocycles. The average Bonchev–Trinajstić information content (AvgIpc) is 2.43. The van der Waals surface area contributed by atoms with Gasteiger partial charge in [0, 0.05) is 25.2 Å². The third kappa shape index (κ3) is 3.64. The van der Waals surface area contributed by atoms with E-state index in [0.29, 0.717) is 12.1 Å². The van der Waals surface area contributed by atoms with Gasteiger partial charge in [-0.15, -0.1) is 0 Å². The molecular formula is C14H27N3OS. The lowest BCUT2D eigenvalue weighted by Crippen LogP contribution is -2.62. The highest BCUT2D eigenvalue weighted by Gasteiger charge is 2.36. The second kappa shape index (κ2) is 6.95. The van der Waals surface area contributed by atoms with Crippen molar-refractivity contribution in [1.82, 2.24) is 9.80 Å². The Bertz CT molecular complexity index is 313. The molecule has 5 heteroatoms. The fraction of sp³-hybridized carbons (Fsp3) is 0.929. The van der Waals surface area contributed by atoms with Gasteiger partial charge in [0.25, 0.3) is 0 Å². The minimum absolute atomic E-state index is 0.159. The smallest absolute Gasteiger partial charge is 0.239 e. The topological polar surface area (TPSA) is 49.6 Å². The molecule has 0 aromatic rings. The lowest BCUT2D eigenvalue weighted by Gasteiger charge is -2.48. The van der Waals surface area contributed by atoms with Crippen LogP contribution in [0.25, 0.3) is 0 Å². The van der Waals surface area contributed by atoms with E-state index < -0.39 is 0 Å². The summed E-state index contributed by atoms with van der Waals surface area (Å²) < 4.78 is 0. The molecule has 0 aromatic carbocycles. The summed E-state index contributed by atoms with van der Waals surface area (Å²) in [6.07, 6.45) is 6.69. The molecule has 0 aliphatic carbocycles. The van der Waals surface area contributed by atoms with E-state index in [0.717, 1.165) is 25.3 Å². The predicted octanol–water partition coefficient (Wildman–Crippen LogP) is 1.15. The Balaban J connectivity index is 1.93. The van der Waals surface area contributed by atoms with E-state index in [1.54, 1.807) is 11.8 Å². The highest BCUT2D eigenvalue weighted by Crippen LogP contribution is 2.24. The van der Waals surface area contributed by atoms with Crippen molar-refractivity contribution in [1.29, 1.82) is 0 Å². The molecule has 19 heavy (non-hydrogen) atoms. The van der Waals surface area contributed by atoms with Crippen LogP contribution in [0.5, 0.6) is 0 Å². The molecular weight excluding hydrogens is 258 g/mol. The van der Waals surface area contributed by atoms with E-state index >= 15 is 0 Å². The molecule has 2 aliphatic rings. The van der Waals surface area contributed by atoms with Crippen LogP contribution in [0.2, 0.25) is 0 Å². The third-order valence-corrected chi connectivity index (χ3v) is 5.06. The summed E-state index contributed by atoms with van der Waals surface area (Å²) in [4.78, 5) is 17.1. The van der Waals surface area contributed by atoms with Gasteiger partial charge in [0.2, 0.25) is 5.91 Å².